The summed E-state index contributed by atoms with van der Waals surface area (Å²) in [6.07, 6.45) is 4.52. The molecule has 1 heterocycles. The maximum Gasteiger partial charge on any atom is 0.176 e. The molecule has 0 aliphatic heterocycles. The Morgan fingerprint density at radius 2 is 1.88 bits per heavy atom. The molecule has 2 atom stereocenters. The van der Waals surface area contributed by atoms with Gasteiger partial charge >= 0.3 is 0 Å². The van der Waals surface area contributed by atoms with Crippen LogP contribution in [0.3, 0.4) is 0 Å². The van der Waals surface area contributed by atoms with Crippen LogP contribution in [0.15, 0.2) is 47.4 Å². The minimum absolute atomic E-state index is 0.201. The molecule has 130 valence electrons. The van der Waals surface area contributed by atoms with Gasteiger partial charge in [-0.25, -0.2) is 13.4 Å². The number of hydrogen-bond acceptors (Lipinski definition) is 4. The molecule has 2 aromatic carbocycles. The van der Waals surface area contributed by atoms with E-state index in [4.69, 9.17) is 16.6 Å². The summed E-state index contributed by atoms with van der Waals surface area (Å²) in [5.74, 6) is 0.712. The predicted octanol–water partition coefficient (Wildman–Crippen LogP) is 5.40. The maximum atomic E-state index is 11.8. The largest absolute Gasteiger partial charge is 0.241 e. The Labute approximate surface area is 156 Å². The molecule has 6 heteroatoms. The maximum absolute atomic E-state index is 11.8. The molecule has 1 saturated carbocycles. The first-order chi connectivity index (χ1) is 11.9. The van der Waals surface area contributed by atoms with Crippen LogP contribution in [0.5, 0.6) is 0 Å². The van der Waals surface area contributed by atoms with Crippen molar-refractivity contribution >= 4 is 43.0 Å². The van der Waals surface area contributed by atoms with Gasteiger partial charge < -0.3 is 0 Å². The number of hydrogen-bond donors (Lipinski definition) is 0. The molecule has 0 bridgehead atoms. The minimum atomic E-state index is -3.30. The average Bonchev–Trinajstić information content (AvgIpc) is 3.19. The zero-order chi connectivity index (χ0) is 17.6. The van der Waals surface area contributed by atoms with Crippen LogP contribution in [0.4, 0.5) is 0 Å². The summed E-state index contributed by atoms with van der Waals surface area (Å²) in [7, 11) is -3.30. The van der Waals surface area contributed by atoms with E-state index in [0.29, 0.717) is 16.9 Å². The molecule has 3 aromatic rings. The van der Waals surface area contributed by atoms with E-state index in [0.717, 1.165) is 30.3 Å². The van der Waals surface area contributed by atoms with E-state index < -0.39 is 9.84 Å². The van der Waals surface area contributed by atoms with Crippen LogP contribution in [-0.2, 0) is 9.84 Å². The summed E-state index contributed by atoms with van der Waals surface area (Å²) in [4.78, 5) is 5.04. The van der Waals surface area contributed by atoms with Gasteiger partial charge in [-0.2, -0.15) is 0 Å². The summed E-state index contributed by atoms with van der Waals surface area (Å²) >= 11 is 8.02. The van der Waals surface area contributed by atoms with E-state index in [1.807, 2.05) is 24.3 Å². The van der Waals surface area contributed by atoms with Gasteiger partial charge in [0.25, 0.3) is 0 Å². The quantitative estimate of drug-likeness (QED) is 0.600. The normalized spacial score (nSPS) is 21.0. The molecular formula is C19H18ClNO2S2. The molecule has 1 aliphatic carbocycles. The zero-order valence-electron chi connectivity index (χ0n) is 13.8. The van der Waals surface area contributed by atoms with Crippen molar-refractivity contribution in [3.8, 4) is 0 Å². The average molecular weight is 392 g/mol. The molecule has 0 spiro atoms. The molecule has 3 nitrogen and oxygen atoms in total. The molecular weight excluding hydrogens is 374 g/mol. The number of sulfone groups is 1. The van der Waals surface area contributed by atoms with E-state index in [-0.39, 0.29) is 4.90 Å². The molecule has 0 amide bonds. The summed E-state index contributed by atoms with van der Waals surface area (Å²) in [6.45, 7) is 0. The van der Waals surface area contributed by atoms with Crippen molar-refractivity contribution in [3.05, 3.63) is 58.1 Å². The number of fused-ring (bicyclic) bond motifs is 1. The van der Waals surface area contributed by atoms with Crippen molar-refractivity contribution in [1.29, 1.82) is 0 Å². The summed E-state index contributed by atoms with van der Waals surface area (Å²) in [5, 5.41) is 1.49. The van der Waals surface area contributed by atoms with Crippen molar-refractivity contribution in [2.45, 2.75) is 36.0 Å². The first kappa shape index (κ1) is 17.0. The lowest BCUT2D eigenvalue weighted by molar-refractivity contribution is 0.601. The summed E-state index contributed by atoms with van der Waals surface area (Å²) in [6, 6.07) is 13.6. The lowest BCUT2D eigenvalue weighted by atomic mass is 9.89. The second-order valence-electron chi connectivity index (χ2n) is 6.63. The number of benzene rings is 2. The molecule has 1 aliphatic rings. The Morgan fingerprint density at radius 3 is 2.60 bits per heavy atom. The number of rotatable bonds is 3. The Balaban J connectivity index is 1.71. The Bertz CT molecular complexity index is 1010. The van der Waals surface area contributed by atoms with Gasteiger partial charge in [0.15, 0.2) is 9.84 Å². The minimum Gasteiger partial charge on any atom is -0.241 e. The monoisotopic (exact) mass is 391 g/mol. The molecule has 25 heavy (non-hydrogen) atoms. The summed E-state index contributed by atoms with van der Waals surface area (Å²) < 4.78 is 24.8. The molecule has 0 saturated heterocycles. The Hall–Kier alpha value is -1.43. The van der Waals surface area contributed by atoms with Crippen molar-refractivity contribution < 1.29 is 8.42 Å². The van der Waals surface area contributed by atoms with Gasteiger partial charge in [0.1, 0.15) is 0 Å². The first-order valence-corrected chi connectivity index (χ1v) is 11.4. The number of para-hydroxylation sites is 1. The van der Waals surface area contributed by atoms with Crippen LogP contribution in [-0.4, -0.2) is 19.7 Å². The number of thiazole rings is 1. The topological polar surface area (TPSA) is 47.0 Å². The highest BCUT2D eigenvalue weighted by molar-refractivity contribution is 7.90. The molecule has 2 unspecified atom stereocenters. The summed E-state index contributed by atoms with van der Waals surface area (Å²) in [5.41, 5.74) is 2.16. The van der Waals surface area contributed by atoms with Crippen molar-refractivity contribution in [2.75, 3.05) is 6.26 Å². The van der Waals surface area contributed by atoms with Crippen molar-refractivity contribution in [1.82, 2.24) is 4.98 Å². The fourth-order valence-electron chi connectivity index (χ4n) is 3.75. The van der Waals surface area contributed by atoms with Crippen LogP contribution in [0.2, 0.25) is 5.02 Å². The van der Waals surface area contributed by atoms with E-state index in [1.54, 1.807) is 17.4 Å². The van der Waals surface area contributed by atoms with Gasteiger partial charge in [-0.1, -0.05) is 36.2 Å². The lowest BCUT2D eigenvalue weighted by Gasteiger charge is -2.19. The zero-order valence-corrected chi connectivity index (χ0v) is 16.2. The van der Waals surface area contributed by atoms with Gasteiger partial charge in [0.2, 0.25) is 0 Å². The molecule has 0 radical (unpaired) electrons. The van der Waals surface area contributed by atoms with E-state index in [9.17, 15) is 8.42 Å². The van der Waals surface area contributed by atoms with Crippen LogP contribution in [0.1, 0.15) is 41.7 Å². The SMILES string of the molecule is CS(=O)(=O)c1ccc(C2CCCC2c2nc3ccccc3s2)cc1Cl. The lowest BCUT2D eigenvalue weighted by Crippen LogP contribution is -2.06. The van der Waals surface area contributed by atoms with Crippen molar-refractivity contribution in [2.24, 2.45) is 0 Å². The second-order valence-corrected chi connectivity index (χ2v) is 10.1. The highest BCUT2D eigenvalue weighted by Crippen LogP contribution is 2.48. The third kappa shape index (κ3) is 3.21. The third-order valence-corrected chi connectivity index (χ3v) is 7.68. The fraction of sp³-hybridized carbons (Fsp3) is 0.316. The molecule has 4 rings (SSSR count). The number of halogens is 1. The smallest absolute Gasteiger partial charge is 0.176 e. The predicted molar refractivity (Wildman–Crippen MR) is 104 cm³/mol. The van der Waals surface area contributed by atoms with Crippen LogP contribution >= 0.6 is 22.9 Å². The van der Waals surface area contributed by atoms with Gasteiger partial charge in [0.05, 0.1) is 25.1 Å². The van der Waals surface area contributed by atoms with E-state index in [1.165, 1.54) is 16.0 Å². The van der Waals surface area contributed by atoms with Crippen LogP contribution in [0, 0.1) is 0 Å². The van der Waals surface area contributed by atoms with Crippen molar-refractivity contribution in [3.63, 3.8) is 0 Å². The van der Waals surface area contributed by atoms with E-state index >= 15 is 0 Å². The Kier molecular flexibility index (Phi) is 4.34. The second kappa shape index (κ2) is 6.38. The molecule has 1 aromatic heterocycles. The number of aromatic nitrogens is 1. The van der Waals surface area contributed by atoms with Gasteiger partial charge in [-0.05, 0) is 48.6 Å². The third-order valence-electron chi connectivity index (χ3n) is 4.93. The Morgan fingerprint density at radius 1 is 1.12 bits per heavy atom. The molecule has 1 fully saturated rings. The van der Waals surface area contributed by atoms with Crippen LogP contribution < -0.4 is 0 Å². The molecule has 0 N–H and O–H groups in total. The first-order valence-electron chi connectivity index (χ1n) is 8.28. The highest BCUT2D eigenvalue weighted by Gasteiger charge is 2.32. The standard InChI is InChI=1S/C19H18ClNO2S2/c1-25(22,23)18-10-9-12(11-15(18)20)13-5-4-6-14(13)19-21-16-7-2-3-8-17(16)24-19/h2-3,7-11,13-14H,4-6H2,1H3. The van der Waals surface area contributed by atoms with Gasteiger partial charge in [0, 0.05) is 12.2 Å². The van der Waals surface area contributed by atoms with Gasteiger partial charge in [-0.15, -0.1) is 11.3 Å². The fourth-order valence-corrected chi connectivity index (χ4v) is 6.26. The highest BCUT2D eigenvalue weighted by atomic mass is 35.5. The van der Waals surface area contributed by atoms with Gasteiger partial charge in [-0.3, -0.25) is 0 Å². The van der Waals surface area contributed by atoms with E-state index in [2.05, 4.69) is 12.1 Å². The van der Waals surface area contributed by atoms with Crippen LogP contribution in [0.25, 0.3) is 10.2 Å². The number of nitrogens with zero attached hydrogens (tertiary/aromatic N) is 1.